The fourth-order valence-electron chi connectivity index (χ4n) is 3.62. The molecule has 4 atom stereocenters. The van der Waals surface area contributed by atoms with Gasteiger partial charge in [0.1, 0.15) is 6.04 Å². The van der Waals surface area contributed by atoms with Crippen molar-refractivity contribution < 1.29 is 19.1 Å². The third kappa shape index (κ3) is 4.59. The van der Waals surface area contributed by atoms with Crippen molar-refractivity contribution >= 4 is 30.8 Å². The molecule has 3 fully saturated rings. The molecule has 2 unspecified atom stereocenters. The SMILES string of the molecule is O=C(NOCCN1CCCN(P)CC1)[C@@H]1CC[C@H]2CN1C(=O)N2OP. The number of urea groups is 1. The number of hydroxylamine groups is 3. The Labute approximate surface area is 152 Å². The molecule has 0 saturated carbocycles. The average Bonchev–Trinajstić information content (AvgIpc) is 2.75. The molecule has 0 aromatic heterocycles. The Morgan fingerprint density at radius 2 is 2.08 bits per heavy atom. The monoisotopic (exact) mass is 391 g/mol. The zero-order valence-electron chi connectivity index (χ0n) is 14.3. The van der Waals surface area contributed by atoms with Crippen molar-refractivity contribution in [1.29, 1.82) is 0 Å². The number of nitrogens with zero attached hydrogens (tertiary/aromatic N) is 4. The number of carbonyl (C=O) groups excluding carboxylic acids is 2. The second-order valence-electron chi connectivity index (χ2n) is 6.66. The summed E-state index contributed by atoms with van der Waals surface area (Å²) in [5.74, 6) is -0.260. The predicted molar refractivity (Wildman–Crippen MR) is 98.0 cm³/mol. The molecular weight excluding hydrogens is 364 g/mol. The molecule has 3 aliphatic heterocycles. The van der Waals surface area contributed by atoms with Gasteiger partial charge in [-0.15, -0.1) is 0 Å². The number of piperidine rings is 1. The van der Waals surface area contributed by atoms with Gasteiger partial charge in [0.25, 0.3) is 5.91 Å². The Kier molecular flexibility index (Phi) is 6.83. The van der Waals surface area contributed by atoms with Crippen LogP contribution in [0, 0.1) is 0 Å². The Balaban J connectivity index is 1.39. The standard InChI is InChI=1S/C14H27N5O4P2/c20-13(12-3-2-11-10-18(12)14(21)19(11)23-25)15-22-9-8-16-4-1-5-17(24)7-6-16/h11-12H,1-10,24-25H2,(H,15,20)/t11-,12-/m0/s1. The van der Waals surface area contributed by atoms with Gasteiger partial charge in [-0.3, -0.25) is 23.8 Å². The van der Waals surface area contributed by atoms with E-state index in [2.05, 4.69) is 33.9 Å². The van der Waals surface area contributed by atoms with Gasteiger partial charge in [0.15, 0.2) is 0 Å². The number of amides is 3. The summed E-state index contributed by atoms with van der Waals surface area (Å²) in [7, 11) is 4.84. The van der Waals surface area contributed by atoms with Gasteiger partial charge in [0.05, 0.1) is 12.6 Å². The maximum Gasteiger partial charge on any atom is 0.345 e. The van der Waals surface area contributed by atoms with Crippen LogP contribution in [0.15, 0.2) is 0 Å². The molecule has 0 aliphatic carbocycles. The largest absolute Gasteiger partial charge is 0.345 e. The van der Waals surface area contributed by atoms with Crippen molar-refractivity contribution in [1.82, 2.24) is 25.0 Å². The lowest BCUT2D eigenvalue weighted by atomic mass is 10.0. The highest BCUT2D eigenvalue weighted by Gasteiger charge is 2.47. The number of hydrogen-bond donors (Lipinski definition) is 1. The quantitative estimate of drug-likeness (QED) is 0.385. The molecule has 3 saturated heterocycles. The Morgan fingerprint density at radius 1 is 1.24 bits per heavy atom. The van der Waals surface area contributed by atoms with Crippen molar-refractivity contribution in [3.8, 4) is 0 Å². The maximum absolute atomic E-state index is 12.4. The van der Waals surface area contributed by atoms with Crippen molar-refractivity contribution in [3.05, 3.63) is 0 Å². The second-order valence-corrected chi connectivity index (χ2v) is 7.60. The minimum atomic E-state index is -0.488. The van der Waals surface area contributed by atoms with Gasteiger partial charge in [-0.1, -0.05) is 9.39 Å². The molecular formula is C14H27N5O4P2. The van der Waals surface area contributed by atoms with Crippen LogP contribution in [-0.2, 0) is 14.3 Å². The highest BCUT2D eigenvalue weighted by molar-refractivity contribution is 7.13. The molecule has 1 N–H and O–H groups in total. The minimum Gasteiger partial charge on any atom is -0.309 e. The highest BCUT2D eigenvalue weighted by atomic mass is 31.0. The molecule has 3 amide bonds. The van der Waals surface area contributed by atoms with E-state index in [4.69, 9.17) is 9.46 Å². The van der Waals surface area contributed by atoms with E-state index in [0.29, 0.717) is 19.6 Å². The molecule has 0 radical (unpaired) electrons. The first kappa shape index (κ1) is 19.2. The van der Waals surface area contributed by atoms with Gasteiger partial charge >= 0.3 is 6.03 Å². The number of nitrogens with one attached hydrogen (secondary N) is 1. The van der Waals surface area contributed by atoms with E-state index in [0.717, 1.165) is 45.6 Å². The van der Waals surface area contributed by atoms with E-state index in [1.165, 1.54) is 5.06 Å². The van der Waals surface area contributed by atoms with Gasteiger partial charge in [0, 0.05) is 42.2 Å². The maximum atomic E-state index is 12.4. The molecule has 0 aromatic carbocycles. The Morgan fingerprint density at radius 3 is 2.88 bits per heavy atom. The molecule has 3 heterocycles. The summed E-state index contributed by atoms with van der Waals surface area (Å²) in [6, 6.07) is -0.726. The van der Waals surface area contributed by atoms with Crippen LogP contribution >= 0.6 is 18.9 Å². The molecule has 11 heteroatoms. The normalized spacial score (nSPS) is 28.3. The fraction of sp³-hybridized carbons (Fsp3) is 0.857. The minimum absolute atomic E-state index is 0.0225. The summed E-state index contributed by atoms with van der Waals surface area (Å²) >= 11 is 0. The van der Waals surface area contributed by atoms with E-state index < -0.39 is 6.04 Å². The zero-order valence-corrected chi connectivity index (χ0v) is 16.6. The Bertz CT molecular complexity index is 500. The lowest BCUT2D eigenvalue weighted by Crippen LogP contribution is -2.50. The summed E-state index contributed by atoms with van der Waals surface area (Å²) in [6.45, 7) is 5.88. The number of carbonyl (C=O) groups is 2. The van der Waals surface area contributed by atoms with Crippen molar-refractivity contribution in [3.63, 3.8) is 0 Å². The van der Waals surface area contributed by atoms with Crippen LogP contribution in [0.2, 0.25) is 0 Å². The van der Waals surface area contributed by atoms with Gasteiger partial charge in [-0.05, 0) is 25.8 Å². The lowest BCUT2D eigenvalue weighted by molar-refractivity contribution is -0.139. The molecule has 3 rings (SSSR count). The summed E-state index contributed by atoms with van der Waals surface area (Å²) in [6.07, 6.45) is 2.49. The third-order valence-corrected chi connectivity index (χ3v) is 5.79. The smallest absolute Gasteiger partial charge is 0.309 e. The third-order valence-electron chi connectivity index (χ3n) is 5.04. The summed E-state index contributed by atoms with van der Waals surface area (Å²) in [5, 5.41) is 1.33. The van der Waals surface area contributed by atoms with Crippen molar-refractivity contribution in [2.75, 3.05) is 45.9 Å². The van der Waals surface area contributed by atoms with E-state index in [-0.39, 0.29) is 18.0 Å². The molecule has 9 nitrogen and oxygen atoms in total. The van der Waals surface area contributed by atoms with Crippen LogP contribution in [0.1, 0.15) is 19.3 Å². The molecule has 25 heavy (non-hydrogen) atoms. The summed E-state index contributed by atoms with van der Waals surface area (Å²) in [5.41, 5.74) is 2.51. The first-order valence-corrected chi connectivity index (χ1v) is 9.69. The van der Waals surface area contributed by atoms with Crippen LogP contribution in [0.3, 0.4) is 0 Å². The van der Waals surface area contributed by atoms with Crippen LogP contribution in [0.4, 0.5) is 4.79 Å². The van der Waals surface area contributed by atoms with Crippen LogP contribution in [0.5, 0.6) is 0 Å². The molecule has 2 bridgehead atoms. The number of hydrogen-bond acceptors (Lipinski definition) is 6. The van der Waals surface area contributed by atoms with E-state index in [1.807, 2.05) is 0 Å². The Hall–Kier alpha value is -0.560. The van der Waals surface area contributed by atoms with Gasteiger partial charge < -0.3 is 4.90 Å². The first-order valence-electron chi connectivity index (χ1n) is 8.70. The summed E-state index contributed by atoms with van der Waals surface area (Å²) < 4.78 is 7.28. The van der Waals surface area contributed by atoms with E-state index >= 15 is 0 Å². The van der Waals surface area contributed by atoms with E-state index in [1.54, 1.807) is 4.90 Å². The number of rotatable bonds is 6. The lowest BCUT2D eigenvalue weighted by Gasteiger charge is -2.29. The van der Waals surface area contributed by atoms with Crippen LogP contribution < -0.4 is 5.48 Å². The van der Waals surface area contributed by atoms with Gasteiger partial charge in [-0.2, -0.15) is 5.06 Å². The van der Waals surface area contributed by atoms with Crippen LogP contribution in [0.25, 0.3) is 0 Å². The molecule has 0 aromatic rings. The topological polar surface area (TPSA) is 77.6 Å². The first-order chi connectivity index (χ1) is 12.1. The molecule has 3 aliphatic rings. The van der Waals surface area contributed by atoms with Gasteiger partial charge in [0.2, 0.25) is 0 Å². The number of fused-ring (bicyclic) bond motifs is 2. The van der Waals surface area contributed by atoms with Crippen LogP contribution in [-0.4, -0.2) is 89.4 Å². The highest BCUT2D eigenvalue weighted by Crippen LogP contribution is 2.30. The molecule has 142 valence electrons. The predicted octanol–water partition coefficient (Wildman–Crippen LogP) is -0.178. The zero-order chi connectivity index (χ0) is 17.8. The van der Waals surface area contributed by atoms with Crippen molar-refractivity contribution in [2.45, 2.75) is 31.3 Å². The molecule has 0 spiro atoms. The summed E-state index contributed by atoms with van der Waals surface area (Å²) in [4.78, 5) is 33.8. The van der Waals surface area contributed by atoms with Crippen molar-refractivity contribution in [2.24, 2.45) is 0 Å². The van der Waals surface area contributed by atoms with Gasteiger partial charge in [-0.25, -0.2) is 10.3 Å². The second kappa shape index (κ2) is 8.89. The average molecular weight is 391 g/mol. The fourth-order valence-corrected chi connectivity index (χ4v) is 4.18. The van der Waals surface area contributed by atoms with E-state index in [9.17, 15) is 9.59 Å².